The minimum absolute atomic E-state index is 0.0454. The van der Waals surface area contributed by atoms with Crippen LogP contribution in [0, 0.1) is 6.92 Å². The number of phenolic OH excluding ortho intramolecular Hbond substituents is 1. The molecule has 0 saturated carbocycles. The van der Waals surface area contributed by atoms with Gasteiger partial charge in [-0.3, -0.25) is 9.69 Å². The Morgan fingerprint density at radius 3 is 2.65 bits per heavy atom. The fraction of sp³-hybridized carbons (Fsp3) is 0.632. The Hall–Kier alpha value is -1.55. The molecular formula is C19H30N2O2. The minimum atomic E-state index is -0.189. The zero-order valence-electron chi connectivity index (χ0n) is 14.6. The van der Waals surface area contributed by atoms with Crippen LogP contribution in [0.1, 0.15) is 61.9 Å². The van der Waals surface area contributed by atoms with E-state index in [1.807, 2.05) is 6.92 Å². The third kappa shape index (κ3) is 4.96. The van der Waals surface area contributed by atoms with Crippen LogP contribution in [0.15, 0.2) is 18.2 Å². The number of unbranched alkanes of at least 4 members (excludes halogenated alkanes) is 1. The SMILES string of the molecule is Cc1ccc(O)c(C(=O)NCCCCN2[C@H](C)CCC[C@@H]2C)c1. The molecule has 1 aromatic rings. The van der Waals surface area contributed by atoms with Crippen LogP contribution in [-0.2, 0) is 0 Å². The summed E-state index contributed by atoms with van der Waals surface area (Å²) in [6, 6.07) is 6.45. The highest BCUT2D eigenvalue weighted by Gasteiger charge is 2.23. The third-order valence-corrected chi connectivity index (χ3v) is 4.90. The monoisotopic (exact) mass is 318 g/mol. The van der Waals surface area contributed by atoms with Gasteiger partial charge in [0.2, 0.25) is 0 Å². The molecule has 0 aromatic heterocycles. The van der Waals surface area contributed by atoms with Crippen molar-refractivity contribution < 1.29 is 9.90 Å². The van der Waals surface area contributed by atoms with Crippen molar-refractivity contribution >= 4 is 5.91 Å². The van der Waals surface area contributed by atoms with Gasteiger partial charge in [0.15, 0.2) is 0 Å². The summed E-state index contributed by atoms with van der Waals surface area (Å²) in [5.74, 6) is -0.144. The van der Waals surface area contributed by atoms with Crippen molar-refractivity contribution in [2.45, 2.75) is 65.0 Å². The number of amides is 1. The first-order valence-electron chi connectivity index (χ1n) is 8.82. The van der Waals surface area contributed by atoms with E-state index in [-0.39, 0.29) is 11.7 Å². The first kappa shape index (κ1) is 17.8. The maximum absolute atomic E-state index is 12.1. The van der Waals surface area contributed by atoms with Gasteiger partial charge in [0.1, 0.15) is 5.75 Å². The van der Waals surface area contributed by atoms with Crippen molar-refractivity contribution in [1.82, 2.24) is 10.2 Å². The third-order valence-electron chi connectivity index (χ3n) is 4.90. The van der Waals surface area contributed by atoms with Crippen LogP contribution in [0.5, 0.6) is 5.75 Å². The van der Waals surface area contributed by atoms with Gasteiger partial charge in [-0.05, 0) is 65.1 Å². The Balaban J connectivity index is 1.71. The number of carbonyl (C=O) groups is 1. The Morgan fingerprint density at radius 2 is 1.96 bits per heavy atom. The maximum Gasteiger partial charge on any atom is 0.255 e. The number of hydrogen-bond acceptors (Lipinski definition) is 3. The van der Waals surface area contributed by atoms with Gasteiger partial charge < -0.3 is 10.4 Å². The number of hydrogen-bond donors (Lipinski definition) is 2. The summed E-state index contributed by atoms with van der Waals surface area (Å²) in [6.07, 6.45) is 6.00. The number of nitrogens with zero attached hydrogens (tertiary/aromatic N) is 1. The molecule has 1 heterocycles. The average molecular weight is 318 g/mol. The van der Waals surface area contributed by atoms with Crippen molar-refractivity contribution in [2.75, 3.05) is 13.1 Å². The van der Waals surface area contributed by atoms with Gasteiger partial charge in [-0.25, -0.2) is 0 Å². The zero-order valence-corrected chi connectivity index (χ0v) is 14.6. The van der Waals surface area contributed by atoms with E-state index in [0.29, 0.717) is 24.2 Å². The van der Waals surface area contributed by atoms with Crippen molar-refractivity contribution in [3.05, 3.63) is 29.3 Å². The molecule has 1 aromatic carbocycles. The number of benzene rings is 1. The predicted octanol–water partition coefficient (Wildman–Crippen LogP) is 3.47. The summed E-state index contributed by atoms with van der Waals surface area (Å²) in [5.41, 5.74) is 1.34. The Bertz CT molecular complexity index is 520. The lowest BCUT2D eigenvalue weighted by molar-refractivity contribution is 0.0937. The first-order chi connectivity index (χ1) is 11.0. The Morgan fingerprint density at radius 1 is 1.26 bits per heavy atom. The van der Waals surface area contributed by atoms with Gasteiger partial charge in [0.05, 0.1) is 5.56 Å². The molecule has 2 N–H and O–H groups in total. The van der Waals surface area contributed by atoms with Crippen molar-refractivity contribution in [1.29, 1.82) is 0 Å². The highest BCUT2D eigenvalue weighted by Crippen LogP contribution is 2.22. The van der Waals surface area contributed by atoms with E-state index in [9.17, 15) is 9.90 Å². The lowest BCUT2D eigenvalue weighted by Gasteiger charge is -2.39. The van der Waals surface area contributed by atoms with E-state index >= 15 is 0 Å². The van der Waals surface area contributed by atoms with E-state index < -0.39 is 0 Å². The number of rotatable bonds is 6. The highest BCUT2D eigenvalue weighted by atomic mass is 16.3. The molecule has 0 radical (unpaired) electrons. The van der Waals surface area contributed by atoms with Crippen LogP contribution >= 0.6 is 0 Å². The first-order valence-corrected chi connectivity index (χ1v) is 8.82. The molecule has 2 atom stereocenters. The molecule has 23 heavy (non-hydrogen) atoms. The average Bonchev–Trinajstić information content (AvgIpc) is 2.51. The normalized spacial score (nSPS) is 22.0. The van der Waals surface area contributed by atoms with E-state index in [0.717, 1.165) is 24.9 Å². The molecule has 1 aliphatic heterocycles. The van der Waals surface area contributed by atoms with Crippen LogP contribution in [0.2, 0.25) is 0 Å². The molecule has 4 heteroatoms. The molecule has 128 valence electrons. The van der Waals surface area contributed by atoms with E-state index in [2.05, 4.69) is 24.1 Å². The molecule has 4 nitrogen and oxygen atoms in total. The molecule has 0 bridgehead atoms. The molecule has 0 unspecified atom stereocenters. The lowest BCUT2D eigenvalue weighted by atomic mass is 9.97. The van der Waals surface area contributed by atoms with Crippen molar-refractivity contribution in [2.24, 2.45) is 0 Å². The van der Waals surface area contributed by atoms with Crippen molar-refractivity contribution in [3.63, 3.8) is 0 Å². The van der Waals surface area contributed by atoms with Gasteiger partial charge in [0.25, 0.3) is 5.91 Å². The molecule has 1 saturated heterocycles. The molecular weight excluding hydrogens is 288 g/mol. The number of likely N-dealkylation sites (tertiary alicyclic amines) is 1. The minimum Gasteiger partial charge on any atom is -0.507 e. The van der Waals surface area contributed by atoms with Crippen LogP contribution in [0.25, 0.3) is 0 Å². The second-order valence-electron chi connectivity index (χ2n) is 6.85. The number of carbonyl (C=O) groups excluding carboxylic acids is 1. The van der Waals surface area contributed by atoms with Crippen molar-refractivity contribution in [3.8, 4) is 5.75 Å². The number of aromatic hydroxyl groups is 1. The fourth-order valence-electron chi connectivity index (χ4n) is 3.46. The number of piperidine rings is 1. The van der Waals surface area contributed by atoms with Gasteiger partial charge in [-0.1, -0.05) is 18.1 Å². The van der Waals surface area contributed by atoms with E-state index in [1.165, 1.54) is 19.3 Å². The smallest absolute Gasteiger partial charge is 0.255 e. The molecule has 2 rings (SSSR count). The summed E-state index contributed by atoms with van der Waals surface area (Å²) >= 11 is 0. The van der Waals surface area contributed by atoms with Crippen LogP contribution in [0.4, 0.5) is 0 Å². The summed E-state index contributed by atoms with van der Waals surface area (Å²) < 4.78 is 0. The number of phenols is 1. The molecule has 0 aliphatic carbocycles. The van der Waals surface area contributed by atoms with Crippen LogP contribution < -0.4 is 5.32 Å². The van der Waals surface area contributed by atoms with E-state index in [4.69, 9.17) is 0 Å². The largest absolute Gasteiger partial charge is 0.507 e. The number of nitrogens with one attached hydrogen (secondary N) is 1. The predicted molar refractivity (Wildman–Crippen MR) is 93.9 cm³/mol. The molecule has 1 fully saturated rings. The van der Waals surface area contributed by atoms with Gasteiger partial charge in [-0.15, -0.1) is 0 Å². The van der Waals surface area contributed by atoms with Gasteiger partial charge in [-0.2, -0.15) is 0 Å². The summed E-state index contributed by atoms with van der Waals surface area (Å²) in [5, 5.41) is 12.7. The standard InChI is InChI=1S/C19H30N2O2/c1-14-9-10-18(22)17(13-14)19(23)20-11-4-5-12-21-15(2)7-6-8-16(21)3/h9-10,13,15-16,22H,4-8,11-12H2,1-3H3,(H,20,23)/t15-,16+. The topological polar surface area (TPSA) is 52.6 Å². The van der Waals surface area contributed by atoms with Crippen LogP contribution in [0.3, 0.4) is 0 Å². The Kier molecular flexibility index (Phi) is 6.46. The summed E-state index contributed by atoms with van der Waals surface area (Å²) in [6.45, 7) is 8.31. The number of aryl methyl sites for hydroxylation is 1. The van der Waals surface area contributed by atoms with Crippen LogP contribution in [-0.4, -0.2) is 41.1 Å². The maximum atomic E-state index is 12.1. The highest BCUT2D eigenvalue weighted by molar-refractivity contribution is 5.96. The quantitative estimate of drug-likeness (QED) is 0.790. The zero-order chi connectivity index (χ0) is 16.8. The Labute approximate surface area is 139 Å². The summed E-state index contributed by atoms with van der Waals surface area (Å²) in [4.78, 5) is 14.7. The second-order valence-corrected chi connectivity index (χ2v) is 6.85. The molecule has 1 aliphatic rings. The van der Waals surface area contributed by atoms with E-state index in [1.54, 1.807) is 18.2 Å². The lowest BCUT2D eigenvalue weighted by Crippen LogP contribution is -2.44. The molecule has 1 amide bonds. The van der Waals surface area contributed by atoms with Gasteiger partial charge in [0, 0.05) is 18.6 Å². The molecule has 0 spiro atoms. The fourth-order valence-corrected chi connectivity index (χ4v) is 3.46. The van der Waals surface area contributed by atoms with Gasteiger partial charge >= 0.3 is 0 Å². The second kappa shape index (κ2) is 8.34. The summed E-state index contributed by atoms with van der Waals surface area (Å²) in [7, 11) is 0.